The summed E-state index contributed by atoms with van der Waals surface area (Å²) >= 11 is -2.34. The molecular formula is C13H20F3NOSiZn. The summed E-state index contributed by atoms with van der Waals surface area (Å²) in [6, 6.07) is 10.6. The Kier molecular flexibility index (Phi) is 6.69. The van der Waals surface area contributed by atoms with Gasteiger partial charge in [-0.25, -0.2) is 0 Å². The van der Waals surface area contributed by atoms with Crippen LogP contribution in [0.2, 0.25) is 18.1 Å². The molecule has 0 unspecified atom stereocenters. The van der Waals surface area contributed by atoms with Gasteiger partial charge < -0.3 is 0 Å². The summed E-state index contributed by atoms with van der Waals surface area (Å²) in [4.78, 5) is 0. The van der Waals surface area contributed by atoms with E-state index in [0.29, 0.717) is 3.64 Å². The third kappa shape index (κ3) is 4.57. The quantitative estimate of drug-likeness (QED) is 0.506. The molecule has 20 heavy (non-hydrogen) atoms. The average molecular weight is 357 g/mol. The van der Waals surface area contributed by atoms with Gasteiger partial charge in [0, 0.05) is 0 Å². The van der Waals surface area contributed by atoms with Crippen LogP contribution in [0.5, 0.6) is 0 Å². The third-order valence-corrected chi connectivity index (χ3v) is 15.1. The second kappa shape index (κ2) is 7.57. The van der Waals surface area contributed by atoms with Crippen molar-refractivity contribution in [2.24, 2.45) is 0 Å². The van der Waals surface area contributed by atoms with Crippen molar-refractivity contribution in [1.82, 2.24) is 0 Å². The first-order chi connectivity index (χ1) is 9.38. The van der Waals surface area contributed by atoms with E-state index in [9.17, 15) is 13.2 Å². The molecular weight excluding hydrogens is 337 g/mol. The molecule has 0 N–H and O–H groups in total. The first-order valence-electron chi connectivity index (χ1n) is 6.92. The van der Waals surface area contributed by atoms with Crippen molar-refractivity contribution >= 4 is 14.0 Å². The van der Waals surface area contributed by atoms with Crippen LogP contribution in [0.15, 0.2) is 30.3 Å². The van der Waals surface area contributed by atoms with Crippen LogP contribution in [0.1, 0.15) is 20.8 Å². The summed E-state index contributed by atoms with van der Waals surface area (Å²) in [5, 5.41) is 0. The summed E-state index contributed by atoms with van der Waals surface area (Å²) in [6.07, 6.45) is -4.35. The molecule has 0 spiro atoms. The first kappa shape index (κ1) is 17.7. The van der Waals surface area contributed by atoms with Crippen molar-refractivity contribution in [3.05, 3.63) is 30.3 Å². The topological polar surface area (TPSA) is 12.5 Å². The fraction of sp³-hybridized carbons (Fsp3) is 0.538. The average Bonchev–Trinajstić information content (AvgIpc) is 2.44. The van der Waals surface area contributed by atoms with Gasteiger partial charge >= 0.3 is 127 Å². The molecule has 0 aliphatic rings. The molecule has 0 aliphatic carbocycles. The standard InChI is InChI=1S/C7H5F3N.C6H15OSi.Zn/c8-7(9,10)11-6-4-2-1-3-5-6;1-4-8(7,5-2)6-3;/h1-5H;4-6H2,1-3H3;/q2*-1;+2. The molecule has 1 rings (SSSR count). The van der Waals surface area contributed by atoms with Gasteiger partial charge in [0.25, 0.3) is 0 Å². The minimum absolute atomic E-state index is 0.200. The third-order valence-electron chi connectivity index (χ3n) is 3.81. The minimum atomic E-state index is -4.35. The molecule has 0 aromatic heterocycles. The van der Waals surface area contributed by atoms with E-state index in [2.05, 4.69) is 0 Å². The number of nitrogens with zero attached hydrogens (tertiary/aromatic N) is 1. The van der Waals surface area contributed by atoms with Crippen LogP contribution in [-0.2, 0) is 21.0 Å². The van der Waals surface area contributed by atoms with E-state index in [0.717, 1.165) is 18.1 Å². The number of para-hydroxylation sites is 1. The molecule has 7 heteroatoms. The van der Waals surface area contributed by atoms with Crippen molar-refractivity contribution in [3.8, 4) is 0 Å². The van der Waals surface area contributed by atoms with Crippen LogP contribution >= 0.6 is 0 Å². The second-order valence-electron chi connectivity index (χ2n) is 4.75. The Hall–Kier alpha value is -0.390. The van der Waals surface area contributed by atoms with Gasteiger partial charge in [-0.3, -0.25) is 0 Å². The number of hydrogen-bond donors (Lipinski definition) is 0. The van der Waals surface area contributed by atoms with Crippen molar-refractivity contribution in [1.29, 1.82) is 0 Å². The van der Waals surface area contributed by atoms with Gasteiger partial charge in [-0.1, -0.05) is 0 Å². The second-order valence-corrected chi connectivity index (χ2v) is 13.2. The van der Waals surface area contributed by atoms with Crippen molar-refractivity contribution in [2.45, 2.75) is 45.2 Å². The molecule has 0 saturated heterocycles. The predicted molar refractivity (Wildman–Crippen MR) is 73.3 cm³/mol. The Balaban J connectivity index is 2.88. The zero-order chi connectivity index (χ0) is 15.2. The molecule has 0 radical (unpaired) electrons. The fourth-order valence-electron chi connectivity index (χ4n) is 2.16. The Morgan fingerprint density at radius 1 is 1.05 bits per heavy atom. The van der Waals surface area contributed by atoms with E-state index in [1.54, 1.807) is 18.2 Å². The van der Waals surface area contributed by atoms with E-state index in [4.69, 9.17) is 3.25 Å². The van der Waals surface area contributed by atoms with Crippen LogP contribution in [0, 0.1) is 0 Å². The molecule has 1 aromatic rings. The van der Waals surface area contributed by atoms with Crippen molar-refractivity contribution in [3.63, 3.8) is 0 Å². The molecule has 0 aliphatic heterocycles. The molecule has 0 saturated carbocycles. The summed E-state index contributed by atoms with van der Waals surface area (Å²) in [5.41, 5.74) is 0.200. The number of halogens is 3. The number of anilines is 1. The van der Waals surface area contributed by atoms with E-state index in [1.807, 2.05) is 20.8 Å². The van der Waals surface area contributed by atoms with Crippen molar-refractivity contribution in [2.75, 3.05) is 3.64 Å². The molecule has 0 bridgehead atoms. The summed E-state index contributed by atoms with van der Waals surface area (Å²) < 4.78 is 46.1. The first-order valence-corrected chi connectivity index (χ1v) is 12.0. The van der Waals surface area contributed by atoms with Crippen LogP contribution in [-0.4, -0.2) is 14.6 Å². The molecule has 0 amide bonds. The van der Waals surface area contributed by atoms with E-state index < -0.39 is 32.3 Å². The molecule has 1 aromatic carbocycles. The maximum atomic E-state index is 13.2. The van der Waals surface area contributed by atoms with Gasteiger partial charge in [0.2, 0.25) is 0 Å². The van der Waals surface area contributed by atoms with Gasteiger partial charge in [0.1, 0.15) is 0 Å². The normalized spacial score (nSPS) is 12.1. The Bertz CT molecular complexity index is 390. The number of rotatable bonds is 7. The van der Waals surface area contributed by atoms with Gasteiger partial charge in [-0.2, -0.15) is 0 Å². The molecule has 0 atom stereocenters. The molecule has 110 valence electrons. The van der Waals surface area contributed by atoms with Crippen molar-refractivity contribution < 1.29 is 34.1 Å². The number of hydrogen-bond acceptors (Lipinski definition) is 2. The van der Waals surface area contributed by atoms with Crippen LogP contribution < -0.4 is 3.64 Å². The molecule has 0 heterocycles. The van der Waals surface area contributed by atoms with E-state index in [1.165, 1.54) is 12.1 Å². The molecule has 2 nitrogen and oxygen atoms in total. The van der Waals surface area contributed by atoms with Crippen LogP contribution in [0.25, 0.3) is 0 Å². The Labute approximate surface area is 127 Å². The summed E-state index contributed by atoms with van der Waals surface area (Å²) in [7, 11) is -1.95. The van der Waals surface area contributed by atoms with Gasteiger partial charge in [0.05, 0.1) is 0 Å². The monoisotopic (exact) mass is 355 g/mol. The van der Waals surface area contributed by atoms with E-state index >= 15 is 0 Å². The fourth-order valence-corrected chi connectivity index (χ4v) is 12.1. The Morgan fingerprint density at radius 3 is 1.95 bits per heavy atom. The number of benzene rings is 1. The molecule has 0 fully saturated rings. The zero-order valence-electron chi connectivity index (χ0n) is 12.2. The predicted octanol–water partition coefficient (Wildman–Crippen LogP) is 4.95. The van der Waals surface area contributed by atoms with Gasteiger partial charge in [0.15, 0.2) is 0 Å². The van der Waals surface area contributed by atoms with E-state index in [-0.39, 0.29) is 5.69 Å². The van der Waals surface area contributed by atoms with Crippen LogP contribution in [0.3, 0.4) is 0 Å². The van der Waals surface area contributed by atoms with Crippen LogP contribution in [0.4, 0.5) is 18.9 Å². The van der Waals surface area contributed by atoms with Gasteiger partial charge in [-0.15, -0.1) is 0 Å². The SMILES string of the molecule is CC[Si](CC)(CC)[O][Zn][N](c1ccccc1)C(F)(F)F. The zero-order valence-corrected chi connectivity index (χ0v) is 16.2. The maximum absolute atomic E-state index is 13.2. The summed E-state index contributed by atoms with van der Waals surface area (Å²) in [5.74, 6) is 0. The number of alkyl halides is 3. The van der Waals surface area contributed by atoms with Gasteiger partial charge in [-0.05, 0) is 0 Å². The summed E-state index contributed by atoms with van der Waals surface area (Å²) in [6.45, 7) is 6.09. The Morgan fingerprint density at radius 2 is 1.55 bits per heavy atom.